The molecule has 0 spiro atoms. The smallest absolute Gasteiger partial charge is 0.226 e. The van der Waals surface area contributed by atoms with Crippen molar-refractivity contribution in [1.82, 2.24) is 35.5 Å². The van der Waals surface area contributed by atoms with Crippen LogP contribution in [-0.2, 0) is 4.79 Å². The second-order valence-corrected chi connectivity index (χ2v) is 7.98. The molecule has 0 aromatic carbocycles. The van der Waals surface area contributed by atoms with Crippen molar-refractivity contribution in [3.63, 3.8) is 0 Å². The molecule has 4 aromatic rings. The van der Waals surface area contributed by atoms with Crippen molar-refractivity contribution in [1.29, 1.82) is 0 Å². The zero-order valence-electron chi connectivity index (χ0n) is 19.1. The van der Waals surface area contributed by atoms with Gasteiger partial charge in [0.2, 0.25) is 5.91 Å². The Balaban J connectivity index is 1.62. The number of carbonyl (C=O) groups is 2. The molecule has 0 unspecified atom stereocenters. The Hall–Kier alpha value is -4.47. The molecule has 0 radical (unpaired) electrons. The van der Waals surface area contributed by atoms with Crippen molar-refractivity contribution in [2.75, 3.05) is 0 Å². The fraction of sp³-hybridized carbons (Fsp3) is 0.208. The molecule has 3 N–H and O–H groups in total. The van der Waals surface area contributed by atoms with Gasteiger partial charge in [-0.15, -0.1) is 0 Å². The van der Waals surface area contributed by atoms with Crippen LogP contribution in [-0.4, -0.2) is 48.5 Å². The van der Waals surface area contributed by atoms with E-state index in [2.05, 4.69) is 47.0 Å². The number of aromatic nitrogens is 6. The Kier molecular flexibility index (Phi) is 6.39. The number of aromatic amines is 2. The third-order valence-corrected chi connectivity index (χ3v) is 5.21. The Morgan fingerprint density at radius 2 is 2.12 bits per heavy atom. The van der Waals surface area contributed by atoms with Gasteiger partial charge in [-0.05, 0) is 18.1 Å². The third kappa shape index (κ3) is 4.51. The van der Waals surface area contributed by atoms with E-state index in [9.17, 15) is 9.59 Å². The molecule has 4 heterocycles. The van der Waals surface area contributed by atoms with Crippen molar-refractivity contribution in [3.8, 4) is 11.5 Å². The first kappa shape index (κ1) is 22.7. The summed E-state index contributed by atoms with van der Waals surface area (Å²) < 4.78 is 0. The highest BCUT2D eigenvalue weighted by molar-refractivity contribution is 6.10. The number of aliphatic imine (C=N–C) groups is 1. The molecule has 4 aromatic heterocycles. The van der Waals surface area contributed by atoms with Crippen molar-refractivity contribution in [2.45, 2.75) is 27.2 Å². The number of hydrogen-bond donors (Lipinski definition) is 3. The fourth-order valence-corrected chi connectivity index (χ4v) is 3.22. The van der Waals surface area contributed by atoms with Gasteiger partial charge in [0, 0.05) is 42.0 Å². The van der Waals surface area contributed by atoms with Crippen molar-refractivity contribution in [2.24, 2.45) is 10.9 Å². The lowest BCUT2D eigenvalue weighted by Crippen LogP contribution is -2.26. The minimum atomic E-state index is -0.108. The van der Waals surface area contributed by atoms with Gasteiger partial charge in [0.1, 0.15) is 11.2 Å². The summed E-state index contributed by atoms with van der Waals surface area (Å²) in [6.07, 6.45) is 9.36. The molecule has 0 atom stereocenters. The van der Waals surface area contributed by atoms with Crippen molar-refractivity contribution >= 4 is 46.0 Å². The zero-order chi connectivity index (χ0) is 24.2. The van der Waals surface area contributed by atoms with Crippen LogP contribution in [0, 0.1) is 5.92 Å². The average molecular weight is 457 g/mol. The first-order valence-electron chi connectivity index (χ1n) is 10.8. The van der Waals surface area contributed by atoms with E-state index in [0.717, 1.165) is 22.9 Å². The van der Waals surface area contributed by atoms with E-state index in [1.165, 1.54) is 6.20 Å². The summed E-state index contributed by atoms with van der Waals surface area (Å²) in [5, 5.41) is 10.9. The van der Waals surface area contributed by atoms with Crippen LogP contribution >= 0.6 is 0 Å². The molecule has 10 heteroatoms. The maximum absolute atomic E-state index is 11.9. The quantitative estimate of drug-likeness (QED) is 0.272. The molecule has 10 nitrogen and oxygen atoms in total. The van der Waals surface area contributed by atoms with Crippen LogP contribution in [0.1, 0.15) is 43.1 Å². The Bertz CT molecular complexity index is 1460. The van der Waals surface area contributed by atoms with Gasteiger partial charge < -0.3 is 10.3 Å². The third-order valence-electron chi connectivity index (χ3n) is 5.21. The van der Waals surface area contributed by atoms with E-state index < -0.39 is 0 Å². The summed E-state index contributed by atoms with van der Waals surface area (Å²) in [6, 6.07) is 1.90. The van der Waals surface area contributed by atoms with Crippen LogP contribution < -0.4 is 5.32 Å². The van der Waals surface area contributed by atoms with Crippen LogP contribution in [0.4, 0.5) is 0 Å². The Morgan fingerprint density at radius 1 is 1.29 bits per heavy atom. The number of rotatable bonds is 8. The highest BCUT2D eigenvalue weighted by atomic mass is 16.1. The summed E-state index contributed by atoms with van der Waals surface area (Å²) in [5.74, 6) is 0.335. The lowest BCUT2D eigenvalue weighted by molar-refractivity contribution is -0.123. The molecular weight excluding hydrogens is 432 g/mol. The number of pyridine rings is 2. The molecule has 172 valence electrons. The topological polar surface area (TPSA) is 142 Å². The van der Waals surface area contributed by atoms with Gasteiger partial charge in [-0.3, -0.25) is 24.7 Å². The van der Waals surface area contributed by atoms with Gasteiger partial charge in [0.15, 0.2) is 17.8 Å². The van der Waals surface area contributed by atoms with Gasteiger partial charge in [-0.25, -0.2) is 9.97 Å². The predicted molar refractivity (Wildman–Crippen MR) is 131 cm³/mol. The summed E-state index contributed by atoms with van der Waals surface area (Å²) in [5.41, 5.74) is 4.83. The largest absolute Gasteiger partial charge is 0.335 e. The van der Waals surface area contributed by atoms with E-state index in [1.54, 1.807) is 24.8 Å². The summed E-state index contributed by atoms with van der Waals surface area (Å²) in [6.45, 7) is 9.70. The van der Waals surface area contributed by atoms with Gasteiger partial charge in [0.25, 0.3) is 0 Å². The SMILES string of the molecule is C=C(/C=N\C=C(/CC)NC(=O)C(C)C)c1cnc2[nH]nc(-c3nc4c(C=O)cncc4[nH]3)c2c1. The normalized spacial score (nSPS) is 12.2. The summed E-state index contributed by atoms with van der Waals surface area (Å²) in [4.78, 5) is 43.7. The Morgan fingerprint density at radius 3 is 2.85 bits per heavy atom. The molecule has 0 saturated heterocycles. The lowest BCUT2D eigenvalue weighted by Gasteiger charge is -2.08. The van der Waals surface area contributed by atoms with Gasteiger partial charge in [-0.2, -0.15) is 5.10 Å². The number of nitrogens with one attached hydrogen (secondary N) is 3. The van der Waals surface area contributed by atoms with Gasteiger partial charge in [0.05, 0.1) is 22.7 Å². The standard InChI is InChI=1S/C24H24N8O2/c1-5-17(28-24(34)13(2)3)10-25-7-14(4)15-6-18-21(31-32-22(18)27-9-15)23-29-19-11-26-8-16(12-33)20(19)30-23/h6-13H,4-5H2,1-3H3,(H,28,34)(H,29,30)(H,27,31,32)/b17-10+,25-7-. The van der Waals surface area contributed by atoms with Crippen LogP contribution in [0.5, 0.6) is 0 Å². The molecule has 0 fully saturated rings. The maximum atomic E-state index is 11.9. The van der Waals surface area contributed by atoms with E-state index in [4.69, 9.17) is 0 Å². The molecule has 0 aliphatic rings. The van der Waals surface area contributed by atoms with Crippen LogP contribution in [0.2, 0.25) is 0 Å². The molecule has 4 rings (SSSR count). The number of aldehydes is 1. The van der Waals surface area contributed by atoms with Crippen LogP contribution in [0.3, 0.4) is 0 Å². The number of hydrogen-bond acceptors (Lipinski definition) is 7. The predicted octanol–water partition coefficient (Wildman–Crippen LogP) is 3.82. The number of amides is 1. The second kappa shape index (κ2) is 9.57. The summed E-state index contributed by atoms with van der Waals surface area (Å²) in [7, 11) is 0. The number of imidazole rings is 1. The summed E-state index contributed by atoms with van der Waals surface area (Å²) >= 11 is 0. The number of allylic oxidation sites excluding steroid dienone is 2. The number of fused-ring (bicyclic) bond motifs is 2. The maximum Gasteiger partial charge on any atom is 0.226 e. The number of carbonyl (C=O) groups excluding carboxylic acids is 2. The van der Waals surface area contributed by atoms with E-state index in [-0.39, 0.29) is 11.8 Å². The second-order valence-electron chi connectivity index (χ2n) is 7.98. The van der Waals surface area contributed by atoms with Gasteiger partial charge >= 0.3 is 0 Å². The van der Waals surface area contributed by atoms with E-state index in [0.29, 0.717) is 45.8 Å². The first-order valence-corrected chi connectivity index (χ1v) is 10.8. The van der Waals surface area contributed by atoms with Crippen LogP contribution in [0.15, 0.2) is 48.1 Å². The molecule has 34 heavy (non-hydrogen) atoms. The monoisotopic (exact) mass is 456 g/mol. The molecule has 0 bridgehead atoms. The minimum Gasteiger partial charge on any atom is -0.335 e. The Labute approximate surface area is 195 Å². The van der Waals surface area contributed by atoms with Gasteiger partial charge in [-0.1, -0.05) is 27.4 Å². The zero-order valence-corrected chi connectivity index (χ0v) is 19.1. The van der Waals surface area contributed by atoms with E-state index in [1.807, 2.05) is 26.8 Å². The molecule has 1 amide bonds. The minimum absolute atomic E-state index is 0.0501. The lowest BCUT2D eigenvalue weighted by atomic mass is 10.1. The molecule has 0 aliphatic heterocycles. The number of H-pyrrole nitrogens is 2. The highest BCUT2D eigenvalue weighted by Gasteiger charge is 2.16. The van der Waals surface area contributed by atoms with Crippen molar-refractivity contribution in [3.05, 3.63) is 54.3 Å². The first-order chi connectivity index (χ1) is 16.4. The van der Waals surface area contributed by atoms with E-state index >= 15 is 0 Å². The van der Waals surface area contributed by atoms with Crippen molar-refractivity contribution < 1.29 is 9.59 Å². The number of nitrogens with zero attached hydrogens (tertiary/aromatic N) is 5. The molecule has 0 saturated carbocycles. The average Bonchev–Trinajstić information content (AvgIpc) is 3.46. The molecule has 0 aliphatic carbocycles. The highest BCUT2D eigenvalue weighted by Crippen LogP contribution is 2.27. The molecular formula is C24H24N8O2. The van der Waals surface area contributed by atoms with Crippen LogP contribution in [0.25, 0.3) is 39.2 Å². The fourth-order valence-electron chi connectivity index (χ4n) is 3.22.